The molecule has 2 nitrogen and oxygen atoms in total. The molecule has 49 heavy (non-hydrogen) atoms. The number of hydrogen-bond donors (Lipinski definition) is 0. The lowest BCUT2D eigenvalue weighted by Crippen LogP contribution is -2.34. The molecule has 1 aliphatic carbocycles. The summed E-state index contributed by atoms with van der Waals surface area (Å²) in [4.78, 5) is 0. The highest BCUT2D eigenvalue weighted by Crippen LogP contribution is 2.46. The van der Waals surface area contributed by atoms with Crippen molar-refractivity contribution in [3.8, 4) is 16.8 Å². The van der Waals surface area contributed by atoms with E-state index in [0.717, 1.165) is 12.8 Å². The van der Waals surface area contributed by atoms with Gasteiger partial charge in [0.05, 0.1) is 16.6 Å². The van der Waals surface area contributed by atoms with Crippen molar-refractivity contribution in [2.45, 2.75) is 32.2 Å². The summed E-state index contributed by atoms with van der Waals surface area (Å²) in [5, 5.41) is 5.13. The topological polar surface area (TPSA) is 9.86 Å². The van der Waals surface area contributed by atoms with Crippen molar-refractivity contribution in [1.29, 1.82) is 0 Å². The molecule has 1 unspecified atom stereocenters. The predicted molar refractivity (Wildman–Crippen MR) is 209 cm³/mol. The zero-order valence-corrected chi connectivity index (χ0v) is 28.0. The van der Waals surface area contributed by atoms with E-state index in [4.69, 9.17) is 0 Å². The molecule has 0 amide bonds. The molecule has 0 N–H and O–H groups in total. The minimum atomic E-state index is -0.236. The Morgan fingerprint density at radius 2 is 1.14 bits per heavy atom. The van der Waals surface area contributed by atoms with E-state index < -0.39 is 0 Å². The molecular formula is C47H38N2. The average molecular weight is 631 g/mol. The van der Waals surface area contributed by atoms with E-state index >= 15 is 0 Å². The fourth-order valence-electron chi connectivity index (χ4n) is 8.31. The third-order valence-corrected chi connectivity index (χ3v) is 10.6. The number of allylic oxidation sites excluding steroid dienone is 6. The average Bonchev–Trinajstić information content (AvgIpc) is 3.67. The largest absolute Gasteiger partial charge is 0.330 e. The molecular weight excluding hydrogens is 593 g/mol. The van der Waals surface area contributed by atoms with Crippen LogP contribution < -0.4 is 0 Å². The van der Waals surface area contributed by atoms with Crippen molar-refractivity contribution in [1.82, 2.24) is 9.13 Å². The Labute approximate surface area is 287 Å². The van der Waals surface area contributed by atoms with Crippen LogP contribution in [0.1, 0.15) is 32.3 Å². The van der Waals surface area contributed by atoms with Gasteiger partial charge in [0, 0.05) is 38.3 Å². The highest BCUT2D eigenvalue weighted by atomic mass is 15.1. The van der Waals surface area contributed by atoms with Crippen molar-refractivity contribution in [3.05, 3.63) is 181 Å². The molecule has 236 valence electrons. The molecule has 9 rings (SSSR count). The van der Waals surface area contributed by atoms with Crippen LogP contribution >= 0.6 is 0 Å². The molecule has 0 saturated heterocycles. The van der Waals surface area contributed by atoms with Crippen LogP contribution in [0.15, 0.2) is 175 Å². The van der Waals surface area contributed by atoms with Gasteiger partial charge in [0.25, 0.3) is 0 Å². The van der Waals surface area contributed by atoms with Crippen molar-refractivity contribution in [3.63, 3.8) is 0 Å². The lowest BCUT2D eigenvalue weighted by atomic mass is 9.78. The molecule has 1 aliphatic rings. The second-order valence-corrected chi connectivity index (χ2v) is 13.4. The van der Waals surface area contributed by atoms with Crippen molar-refractivity contribution < 1.29 is 0 Å². The number of para-hydroxylation sites is 3. The monoisotopic (exact) mass is 630 g/mol. The first-order valence-electron chi connectivity index (χ1n) is 17.4. The van der Waals surface area contributed by atoms with Gasteiger partial charge in [-0.3, -0.25) is 0 Å². The summed E-state index contributed by atoms with van der Waals surface area (Å²) >= 11 is 0. The maximum Gasteiger partial charge on any atom is 0.0683 e. The van der Waals surface area contributed by atoms with Gasteiger partial charge >= 0.3 is 0 Å². The lowest BCUT2D eigenvalue weighted by molar-refractivity contribution is 0.379. The summed E-state index contributed by atoms with van der Waals surface area (Å²) in [6, 6.07) is 53.3. The standard InChI is InChI=1S/C47H38N2/c1-3-16-37(33-17-6-4-7-18-33)42-23-14-15-30-47(42,2)49-45-25-13-11-22-39(45)41-32-35(27-29-46(41)49)34-26-28-44-40(31-34)38-21-10-12-24-43(38)48(44)36-19-8-5-9-20-36/h3-14,16-29,31-32H,15,30H2,1-2H3/b16-3-,42-37+. The van der Waals surface area contributed by atoms with Gasteiger partial charge in [-0.15, -0.1) is 0 Å². The molecule has 6 aromatic carbocycles. The van der Waals surface area contributed by atoms with Crippen LogP contribution in [0.3, 0.4) is 0 Å². The molecule has 2 aromatic heterocycles. The second-order valence-electron chi connectivity index (χ2n) is 13.4. The molecule has 2 heterocycles. The van der Waals surface area contributed by atoms with Crippen molar-refractivity contribution >= 4 is 49.2 Å². The van der Waals surface area contributed by atoms with Crippen LogP contribution in [-0.2, 0) is 5.54 Å². The van der Waals surface area contributed by atoms with Crippen LogP contribution in [0.4, 0.5) is 0 Å². The molecule has 0 spiro atoms. The van der Waals surface area contributed by atoms with E-state index in [9.17, 15) is 0 Å². The Bertz CT molecular complexity index is 2610. The number of nitrogens with zero attached hydrogens (tertiary/aromatic N) is 2. The lowest BCUT2D eigenvalue weighted by Gasteiger charge is -2.38. The molecule has 0 bridgehead atoms. The molecule has 1 atom stereocenters. The fraction of sp³-hybridized carbons (Fsp3) is 0.106. The molecule has 0 fully saturated rings. The maximum absolute atomic E-state index is 2.63. The SMILES string of the molecule is C/C=C\C(=C1\C=CCCC1(C)n1c2ccccc2c2cc(-c3ccc4c(c3)c3ccccc3n4-c3ccccc3)ccc21)c1ccccc1. The van der Waals surface area contributed by atoms with Gasteiger partial charge < -0.3 is 9.13 Å². The minimum Gasteiger partial charge on any atom is -0.330 e. The van der Waals surface area contributed by atoms with E-state index in [2.05, 4.69) is 193 Å². The Hall–Kier alpha value is -5.86. The molecule has 0 saturated carbocycles. The first-order valence-corrected chi connectivity index (χ1v) is 17.4. The highest BCUT2D eigenvalue weighted by Gasteiger charge is 2.35. The van der Waals surface area contributed by atoms with Crippen LogP contribution in [-0.4, -0.2) is 9.13 Å². The van der Waals surface area contributed by atoms with Gasteiger partial charge in [-0.2, -0.15) is 0 Å². The highest BCUT2D eigenvalue weighted by molar-refractivity contribution is 6.12. The summed E-state index contributed by atoms with van der Waals surface area (Å²) < 4.78 is 5.01. The Kier molecular flexibility index (Phi) is 6.98. The van der Waals surface area contributed by atoms with Crippen LogP contribution in [0.25, 0.3) is 66.0 Å². The Morgan fingerprint density at radius 3 is 1.86 bits per heavy atom. The van der Waals surface area contributed by atoms with Crippen LogP contribution in [0.5, 0.6) is 0 Å². The van der Waals surface area contributed by atoms with E-state index in [1.54, 1.807) is 0 Å². The fourth-order valence-corrected chi connectivity index (χ4v) is 8.31. The van der Waals surface area contributed by atoms with E-state index in [0.29, 0.717) is 0 Å². The van der Waals surface area contributed by atoms with Gasteiger partial charge in [0.15, 0.2) is 0 Å². The van der Waals surface area contributed by atoms with Gasteiger partial charge in [-0.25, -0.2) is 0 Å². The summed E-state index contributed by atoms with van der Waals surface area (Å²) in [7, 11) is 0. The summed E-state index contributed by atoms with van der Waals surface area (Å²) in [5.41, 5.74) is 12.3. The number of hydrogen-bond acceptors (Lipinski definition) is 0. The Morgan fingerprint density at radius 1 is 0.592 bits per heavy atom. The summed E-state index contributed by atoms with van der Waals surface area (Å²) in [6.45, 7) is 4.56. The number of fused-ring (bicyclic) bond motifs is 6. The van der Waals surface area contributed by atoms with Crippen LogP contribution in [0, 0.1) is 0 Å². The zero-order valence-electron chi connectivity index (χ0n) is 28.0. The van der Waals surface area contributed by atoms with Crippen molar-refractivity contribution in [2.75, 3.05) is 0 Å². The van der Waals surface area contributed by atoms with E-state index in [-0.39, 0.29) is 5.54 Å². The number of aromatic nitrogens is 2. The summed E-state index contributed by atoms with van der Waals surface area (Å²) in [6.07, 6.45) is 11.3. The smallest absolute Gasteiger partial charge is 0.0683 e. The Balaban J connectivity index is 1.25. The third kappa shape index (κ3) is 4.63. The van der Waals surface area contributed by atoms with Gasteiger partial charge in [-0.1, -0.05) is 121 Å². The summed E-state index contributed by atoms with van der Waals surface area (Å²) in [5.74, 6) is 0. The minimum absolute atomic E-state index is 0.236. The molecule has 0 radical (unpaired) electrons. The first-order chi connectivity index (χ1) is 24.2. The van der Waals surface area contributed by atoms with Gasteiger partial charge in [0.2, 0.25) is 0 Å². The van der Waals surface area contributed by atoms with Crippen LogP contribution in [0.2, 0.25) is 0 Å². The molecule has 8 aromatic rings. The van der Waals surface area contributed by atoms with E-state index in [1.807, 2.05) is 0 Å². The van der Waals surface area contributed by atoms with Gasteiger partial charge in [-0.05, 0) is 103 Å². The van der Waals surface area contributed by atoms with Gasteiger partial charge in [0.1, 0.15) is 0 Å². The van der Waals surface area contributed by atoms with E-state index in [1.165, 1.54) is 77.1 Å². The molecule has 0 aliphatic heterocycles. The first kappa shape index (κ1) is 29.3. The maximum atomic E-state index is 2.63. The second kappa shape index (κ2) is 11.7. The third-order valence-electron chi connectivity index (χ3n) is 10.6. The predicted octanol–water partition coefficient (Wildman–Crippen LogP) is 12.7. The quantitative estimate of drug-likeness (QED) is 0.179. The number of benzene rings is 6. The van der Waals surface area contributed by atoms with Crippen molar-refractivity contribution in [2.24, 2.45) is 0 Å². The number of rotatable bonds is 5. The zero-order chi connectivity index (χ0) is 33.0. The normalized spacial score (nSPS) is 17.6. The molecule has 2 heteroatoms.